The third-order valence-electron chi connectivity index (χ3n) is 9.82. The van der Waals surface area contributed by atoms with Gasteiger partial charge in [0.15, 0.2) is 17.3 Å². The average Bonchev–Trinajstić information content (AvgIpc) is 3.95. The molecule has 3 aromatic heterocycles. The maximum atomic E-state index is 13.2. The quantitative estimate of drug-likeness (QED) is 0.0571. The number of aliphatic imine (C=N–C) groups is 1. The summed E-state index contributed by atoms with van der Waals surface area (Å²) < 4.78 is 10.3. The minimum atomic E-state index is -0.575. The van der Waals surface area contributed by atoms with Crippen LogP contribution in [0.2, 0.25) is 0 Å². The molecule has 2 aromatic carbocycles. The second-order valence-corrected chi connectivity index (χ2v) is 14.4. The topological polar surface area (TPSA) is 232 Å². The van der Waals surface area contributed by atoms with Crippen LogP contribution in [0.5, 0.6) is 11.5 Å². The summed E-state index contributed by atoms with van der Waals surface area (Å²) in [5.41, 5.74) is 10.2. The molecule has 2 aliphatic rings. The maximum absolute atomic E-state index is 13.2. The number of nitrogens with one attached hydrogen (secondary N) is 4. The van der Waals surface area contributed by atoms with Crippen molar-refractivity contribution in [2.45, 2.75) is 31.8 Å². The number of aromatic nitrogens is 4. The van der Waals surface area contributed by atoms with E-state index in [1.54, 1.807) is 72.0 Å². The summed E-state index contributed by atoms with van der Waals surface area (Å²) in [5.74, 6) is -1.86. The van der Waals surface area contributed by atoms with Crippen LogP contribution in [0, 0.1) is 0 Å². The van der Waals surface area contributed by atoms with E-state index in [-0.39, 0.29) is 71.2 Å². The molecule has 5 amide bonds. The van der Waals surface area contributed by atoms with Gasteiger partial charge in [-0.1, -0.05) is 24.3 Å². The number of nitrogen functional groups attached to an aromatic ring is 1. The van der Waals surface area contributed by atoms with E-state index >= 15 is 0 Å². The smallest absolute Gasteiger partial charge is 0.291 e. The van der Waals surface area contributed by atoms with Crippen molar-refractivity contribution in [2.75, 3.05) is 34.8 Å². The highest BCUT2D eigenvalue weighted by molar-refractivity contribution is 6.07. The lowest BCUT2D eigenvalue weighted by atomic mass is 10.1. The molecule has 5 aromatic rings. The number of imidazole rings is 1. The van der Waals surface area contributed by atoms with Crippen molar-refractivity contribution in [3.63, 3.8) is 0 Å². The van der Waals surface area contributed by atoms with Crippen LogP contribution in [0.4, 0.5) is 28.6 Å². The lowest BCUT2D eigenvalue weighted by Gasteiger charge is -2.19. The zero-order chi connectivity index (χ0) is 42.0. The Bertz CT molecular complexity index is 2530. The molecule has 1 atom stereocenters. The van der Waals surface area contributed by atoms with E-state index in [1.807, 2.05) is 12.1 Å². The van der Waals surface area contributed by atoms with E-state index in [1.165, 1.54) is 29.0 Å². The maximum Gasteiger partial charge on any atom is 0.291 e. The number of nitrogens with zero attached hydrogens (tertiary/aromatic N) is 6. The number of carbonyl (C=O) groups is 5. The summed E-state index contributed by atoms with van der Waals surface area (Å²) in [6.45, 7) is 4.81. The molecule has 1 fully saturated rings. The normalized spacial score (nSPS) is 14.4. The summed E-state index contributed by atoms with van der Waals surface area (Å²) in [6, 6.07) is 12.9. The van der Waals surface area contributed by atoms with Gasteiger partial charge in [-0.15, -0.1) is 0 Å². The number of hydrogen-bond acceptors (Lipinski definition) is 10. The van der Waals surface area contributed by atoms with Crippen LogP contribution in [-0.2, 0) is 32.5 Å². The Morgan fingerprint density at radius 1 is 0.898 bits per heavy atom. The van der Waals surface area contributed by atoms with Crippen molar-refractivity contribution in [1.82, 2.24) is 28.9 Å². The van der Waals surface area contributed by atoms with E-state index in [4.69, 9.17) is 10.5 Å². The summed E-state index contributed by atoms with van der Waals surface area (Å²) in [7, 11) is 4.95. The van der Waals surface area contributed by atoms with Crippen molar-refractivity contribution in [3.05, 3.63) is 108 Å². The Hall–Kier alpha value is -7.63. The Morgan fingerprint density at radius 2 is 1.58 bits per heavy atom. The molecular weight excluding hydrogens is 759 g/mol. The number of ether oxygens (including phenoxy) is 1. The van der Waals surface area contributed by atoms with E-state index in [0.717, 1.165) is 11.1 Å². The third kappa shape index (κ3) is 8.85. The van der Waals surface area contributed by atoms with Gasteiger partial charge in [0, 0.05) is 77.2 Å². The molecule has 7 rings (SSSR count). The second-order valence-electron chi connectivity index (χ2n) is 14.4. The molecule has 0 aliphatic carbocycles. The minimum Gasteiger partial charge on any atom is -0.504 e. The standard InChI is InChI=1S/C41H43N11O7/c1-23-12-28-18-43-30-16-34(33(53)15-29(30)41(58)52(28)19-23)59-11-5-6-36(54)47-35-22-51(4)37(48-35)40(57)46-27-14-32(50(3)21-27)39(56)45-26-13-31(49(2)20-26)38(55)44-17-24-7-9-25(42)10-8-24/h7-10,13-16,18,20-22,28,53H,1,5-6,11-12,17,19,42H2,2-4H3,(H,44,55)(H,45,56)(H,46,57)(H,47,54)/t28-/m0/s1. The Kier molecular flexibility index (Phi) is 11.0. The zero-order valence-corrected chi connectivity index (χ0v) is 32.6. The summed E-state index contributed by atoms with van der Waals surface area (Å²) in [4.78, 5) is 75.5. The van der Waals surface area contributed by atoms with Crippen LogP contribution in [0.1, 0.15) is 66.8 Å². The molecule has 0 radical (unpaired) electrons. The molecule has 0 spiro atoms. The van der Waals surface area contributed by atoms with Crippen molar-refractivity contribution in [2.24, 2.45) is 26.1 Å². The van der Waals surface area contributed by atoms with Gasteiger partial charge in [-0.25, -0.2) is 4.98 Å². The zero-order valence-electron chi connectivity index (χ0n) is 32.6. The van der Waals surface area contributed by atoms with Gasteiger partial charge in [-0.05, 0) is 48.7 Å². The molecule has 0 bridgehead atoms. The number of hydrogen-bond donors (Lipinski definition) is 6. The van der Waals surface area contributed by atoms with Crippen LogP contribution in [0.25, 0.3) is 0 Å². The first-order valence-corrected chi connectivity index (χ1v) is 18.6. The summed E-state index contributed by atoms with van der Waals surface area (Å²) in [5, 5.41) is 21.6. The van der Waals surface area contributed by atoms with Gasteiger partial charge in [-0.2, -0.15) is 0 Å². The molecule has 7 N–H and O–H groups in total. The number of amides is 5. The number of nitrogens with two attached hydrogens (primary N) is 1. The van der Waals surface area contributed by atoms with Crippen molar-refractivity contribution in [3.8, 4) is 11.5 Å². The molecule has 2 aliphatic heterocycles. The third-order valence-corrected chi connectivity index (χ3v) is 9.82. The fraction of sp³-hybridized carbons (Fsp3) is 0.244. The van der Waals surface area contributed by atoms with Gasteiger partial charge in [0.05, 0.1) is 35.3 Å². The van der Waals surface area contributed by atoms with E-state index in [9.17, 15) is 29.1 Å². The van der Waals surface area contributed by atoms with Gasteiger partial charge in [0.2, 0.25) is 11.7 Å². The summed E-state index contributed by atoms with van der Waals surface area (Å²) in [6.07, 6.45) is 7.38. The number of anilines is 4. The number of aromatic hydroxyl groups is 1. The Morgan fingerprint density at radius 3 is 2.29 bits per heavy atom. The fourth-order valence-corrected chi connectivity index (χ4v) is 6.82. The van der Waals surface area contributed by atoms with Gasteiger partial charge < -0.3 is 55.4 Å². The van der Waals surface area contributed by atoms with Crippen LogP contribution < -0.4 is 31.7 Å². The molecular formula is C41H43N11O7. The Balaban J connectivity index is 0.882. The molecule has 0 saturated carbocycles. The van der Waals surface area contributed by atoms with Crippen LogP contribution >= 0.6 is 0 Å². The van der Waals surface area contributed by atoms with E-state index in [2.05, 4.69) is 37.8 Å². The monoisotopic (exact) mass is 801 g/mol. The number of carbonyl (C=O) groups excluding carboxylic acids is 5. The molecule has 18 nitrogen and oxygen atoms in total. The predicted octanol–water partition coefficient (Wildman–Crippen LogP) is 4.10. The number of rotatable bonds is 13. The molecule has 0 unspecified atom stereocenters. The first-order chi connectivity index (χ1) is 28.2. The molecule has 304 valence electrons. The van der Waals surface area contributed by atoms with E-state index in [0.29, 0.717) is 54.4 Å². The second kappa shape index (κ2) is 16.5. The highest BCUT2D eigenvalue weighted by atomic mass is 16.5. The highest BCUT2D eigenvalue weighted by Gasteiger charge is 2.34. The van der Waals surface area contributed by atoms with Crippen molar-refractivity contribution in [1.29, 1.82) is 0 Å². The molecule has 1 saturated heterocycles. The summed E-state index contributed by atoms with van der Waals surface area (Å²) >= 11 is 0. The predicted molar refractivity (Wildman–Crippen MR) is 220 cm³/mol. The van der Waals surface area contributed by atoms with E-state index < -0.39 is 11.8 Å². The number of phenolic OH excluding ortho intramolecular Hbond substituents is 1. The first-order valence-electron chi connectivity index (χ1n) is 18.6. The fourth-order valence-electron chi connectivity index (χ4n) is 6.82. The lowest BCUT2D eigenvalue weighted by Crippen LogP contribution is -2.35. The van der Waals surface area contributed by atoms with Crippen LogP contribution in [0.3, 0.4) is 0 Å². The van der Waals surface area contributed by atoms with Crippen molar-refractivity contribution < 1.29 is 33.8 Å². The number of aryl methyl sites for hydroxylation is 3. The molecule has 5 heterocycles. The Labute approximate surface area is 338 Å². The van der Waals surface area contributed by atoms with Gasteiger partial charge >= 0.3 is 0 Å². The number of phenols is 1. The molecule has 59 heavy (non-hydrogen) atoms. The largest absolute Gasteiger partial charge is 0.504 e. The molecule has 18 heteroatoms. The lowest BCUT2D eigenvalue weighted by molar-refractivity contribution is -0.116. The van der Waals surface area contributed by atoms with Crippen molar-refractivity contribution >= 4 is 64.3 Å². The minimum absolute atomic E-state index is 0.00941. The highest BCUT2D eigenvalue weighted by Crippen LogP contribution is 2.38. The number of benzene rings is 2. The SMILES string of the molecule is C=C1C[C@H]2C=Nc3cc(OCCCC(=O)Nc4cn(C)c(C(=O)Nc5cc(C(=O)Nc6cc(C(=O)NCc7ccc(N)cc7)n(C)c6)n(C)c5)n4)c(O)cc3C(=O)N2C1. The average molecular weight is 802 g/mol. The van der Waals surface area contributed by atoms with Gasteiger partial charge in [0.25, 0.3) is 23.6 Å². The van der Waals surface area contributed by atoms with Gasteiger partial charge in [0.1, 0.15) is 11.4 Å². The van der Waals surface area contributed by atoms with Gasteiger partial charge in [-0.3, -0.25) is 29.0 Å². The van der Waals surface area contributed by atoms with Crippen LogP contribution in [-0.4, -0.2) is 83.6 Å². The number of fused-ring (bicyclic) bond motifs is 2. The van der Waals surface area contributed by atoms with Crippen LogP contribution in [0.15, 0.2) is 84.3 Å². The first kappa shape index (κ1) is 39.6.